The first kappa shape index (κ1) is 10.8. The van der Waals surface area contributed by atoms with Crippen molar-refractivity contribution in [1.29, 1.82) is 0 Å². The molecule has 0 spiro atoms. The Bertz CT molecular complexity index is 505. The molecule has 90 valence electrons. The number of rotatable bonds is 4. The number of hydrogen-bond acceptors (Lipinski definition) is 2. The average Bonchev–Trinajstić information content (AvgIpc) is 2.72. The molecule has 0 aromatic carbocycles. The molecule has 3 rings (SSSR count). The van der Waals surface area contributed by atoms with Crippen LogP contribution in [0.2, 0.25) is 0 Å². The van der Waals surface area contributed by atoms with E-state index in [0.717, 1.165) is 6.54 Å². The molecule has 2 heterocycles. The van der Waals surface area contributed by atoms with Gasteiger partial charge in [-0.05, 0) is 37.8 Å². The number of nitrogens with one attached hydrogen (secondary N) is 1. The van der Waals surface area contributed by atoms with Crippen LogP contribution >= 0.6 is 0 Å². The van der Waals surface area contributed by atoms with E-state index in [0.29, 0.717) is 5.54 Å². The molecule has 0 amide bonds. The molecule has 2 aromatic rings. The molecule has 0 atom stereocenters. The Labute approximate surface area is 102 Å². The van der Waals surface area contributed by atoms with Crippen LogP contribution in [-0.4, -0.2) is 15.2 Å². The normalized spacial score (nSPS) is 18.2. The van der Waals surface area contributed by atoms with Gasteiger partial charge >= 0.3 is 0 Å². The smallest absolute Gasteiger partial charge is 0.0706 e. The van der Waals surface area contributed by atoms with Crippen molar-refractivity contribution in [1.82, 2.24) is 14.9 Å². The van der Waals surface area contributed by atoms with Crippen LogP contribution in [0.3, 0.4) is 0 Å². The first-order chi connectivity index (χ1) is 8.33. The lowest BCUT2D eigenvalue weighted by molar-refractivity contribution is 0.175. The molecule has 2 aromatic heterocycles. The molecule has 17 heavy (non-hydrogen) atoms. The van der Waals surface area contributed by atoms with E-state index in [2.05, 4.69) is 29.5 Å². The molecular formula is C14H19N3. The Hall–Kier alpha value is -1.35. The van der Waals surface area contributed by atoms with Crippen molar-refractivity contribution in [3.63, 3.8) is 0 Å². The second-order valence-electron chi connectivity index (χ2n) is 5.04. The van der Waals surface area contributed by atoms with Gasteiger partial charge in [0.25, 0.3) is 0 Å². The summed E-state index contributed by atoms with van der Waals surface area (Å²) < 4.78 is 1.94. The monoisotopic (exact) mass is 229 g/mol. The average molecular weight is 229 g/mol. The molecule has 1 fully saturated rings. The molecule has 0 aliphatic heterocycles. The van der Waals surface area contributed by atoms with Crippen molar-refractivity contribution < 1.29 is 0 Å². The van der Waals surface area contributed by atoms with Crippen molar-refractivity contribution in [2.75, 3.05) is 0 Å². The Kier molecular flexibility index (Phi) is 2.63. The lowest BCUT2D eigenvalue weighted by Gasteiger charge is -2.42. The summed E-state index contributed by atoms with van der Waals surface area (Å²) in [7, 11) is 0. The third-order valence-corrected chi connectivity index (χ3v) is 4.15. The molecule has 3 heteroatoms. The summed E-state index contributed by atoms with van der Waals surface area (Å²) in [6.07, 6.45) is 9.22. The van der Waals surface area contributed by atoms with Crippen LogP contribution in [-0.2, 0) is 6.54 Å². The number of aromatic nitrogens is 2. The molecular weight excluding hydrogens is 210 g/mol. The molecule has 1 N–H and O–H groups in total. The number of hydrogen-bond donors (Lipinski definition) is 1. The number of pyridine rings is 1. The second-order valence-corrected chi connectivity index (χ2v) is 5.04. The van der Waals surface area contributed by atoms with Gasteiger partial charge in [0.15, 0.2) is 0 Å². The summed E-state index contributed by atoms with van der Waals surface area (Å²) >= 11 is 0. The van der Waals surface area contributed by atoms with Crippen molar-refractivity contribution in [3.05, 3.63) is 36.2 Å². The maximum Gasteiger partial charge on any atom is 0.0706 e. The first-order valence-corrected chi connectivity index (χ1v) is 6.49. The van der Waals surface area contributed by atoms with E-state index in [1.54, 1.807) is 0 Å². The highest BCUT2D eigenvalue weighted by molar-refractivity contribution is 5.53. The van der Waals surface area contributed by atoms with Gasteiger partial charge < -0.3 is 5.32 Å². The second kappa shape index (κ2) is 4.15. The predicted octanol–water partition coefficient (Wildman–Crippen LogP) is 2.76. The van der Waals surface area contributed by atoms with Gasteiger partial charge in [0.1, 0.15) is 0 Å². The summed E-state index contributed by atoms with van der Waals surface area (Å²) in [5, 5.41) is 8.09. The van der Waals surface area contributed by atoms with Crippen LogP contribution in [0.4, 0.5) is 0 Å². The Morgan fingerprint density at radius 1 is 1.41 bits per heavy atom. The minimum atomic E-state index is 0.406. The summed E-state index contributed by atoms with van der Waals surface area (Å²) in [5.41, 5.74) is 2.92. The molecule has 1 aliphatic carbocycles. The van der Waals surface area contributed by atoms with Crippen molar-refractivity contribution in [2.45, 2.75) is 44.7 Å². The summed E-state index contributed by atoms with van der Waals surface area (Å²) in [6, 6.07) is 6.21. The minimum absolute atomic E-state index is 0.406. The summed E-state index contributed by atoms with van der Waals surface area (Å²) in [6.45, 7) is 3.21. The summed E-state index contributed by atoms with van der Waals surface area (Å²) in [4.78, 5) is 0. The molecule has 0 radical (unpaired) electrons. The van der Waals surface area contributed by atoms with Crippen molar-refractivity contribution in [2.24, 2.45) is 0 Å². The highest BCUT2D eigenvalue weighted by Crippen LogP contribution is 2.34. The maximum absolute atomic E-state index is 4.37. The third-order valence-electron chi connectivity index (χ3n) is 4.15. The maximum atomic E-state index is 4.37. The highest BCUT2D eigenvalue weighted by Gasteiger charge is 2.34. The fourth-order valence-corrected chi connectivity index (χ4v) is 2.67. The van der Waals surface area contributed by atoms with E-state index in [1.807, 2.05) is 23.0 Å². The Balaban J connectivity index is 1.77. The fourth-order valence-electron chi connectivity index (χ4n) is 2.67. The summed E-state index contributed by atoms with van der Waals surface area (Å²) in [5.74, 6) is 0. The fraction of sp³-hybridized carbons (Fsp3) is 0.500. The number of fused-ring (bicyclic) bond motifs is 1. The van der Waals surface area contributed by atoms with Crippen molar-refractivity contribution in [3.8, 4) is 0 Å². The quantitative estimate of drug-likeness (QED) is 0.873. The lowest BCUT2D eigenvalue weighted by atomic mass is 9.75. The van der Waals surface area contributed by atoms with Gasteiger partial charge in [0.2, 0.25) is 0 Å². The van der Waals surface area contributed by atoms with E-state index in [4.69, 9.17) is 0 Å². The molecule has 1 aliphatic rings. The van der Waals surface area contributed by atoms with Crippen LogP contribution in [0.1, 0.15) is 38.2 Å². The van der Waals surface area contributed by atoms with Gasteiger partial charge in [0.05, 0.1) is 11.7 Å². The highest BCUT2D eigenvalue weighted by atomic mass is 15.2. The Morgan fingerprint density at radius 2 is 2.29 bits per heavy atom. The zero-order valence-electron chi connectivity index (χ0n) is 10.3. The van der Waals surface area contributed by atoms with Gasteiger partial charge in [-0.25, -0.2) is 4.52 Å². The standard InChI is InChI=1S/C14H19N3/c1-2-14(7-5-8-14)15-10-12-11-16-17-9-4-3-6-13(12)17/h3-4,6,9,11,15H,2,5,7-8,10H2,1H3. The van der Waals surface area contributed by atoms with Crippen LogP contribution in [0, 0.1) is 0 Å². The van der Waals surface area contributed by atoms with Gasteiger partial charge in [-0.2, -0.15) is 5.10 Å². The first-order valence-electron chi connectivity index (χ1n) is 6.49. The van der Waals surface area contributed by atoms with E-state index in [9.17, 15) is 0 Å². The number of nitrogens with zero attached hydrogens (tertiary/aromatic N) is 2. The topological polar surface area (TPSA) is 29.3 Å². The lowest BCUT2D eigenvalue weighted by Crippen LogP contribution is -2.49. The van der Waals surface area contributed by atoms with Gasteiger partial charge in [0, 0.05) is 23.8 Å². The zero-order chi connectivity index (χ0) is 11.7. The Morgan fingerprint density at radius 3 is 3.00 bits per heavy atom. The van der Waals surface area contributed by atoms with Crippen LogP contribution in [0.15, 0.2) is 30.6 Å². The minimum Gasteiger partial charge on any atom is -0.307 e. The van der Waals surface area contributed by atoms with Crippen LogP contribution < -0.4 is 5.32 Å². The largest absolute Gasteiger partial charge is 0.307 e. The van der Waals surface area contributed by atoms with E-state index < -0.39 is 0 Å². The van der Waals surface area contributed by atoms with E-state index in [1.165, 1.54) is 36.8 Å². The molecule has 0 unspecified atom stereocenters. The molecule has 0 bridgehead atoms. The van der Waals surface area contributed by atoms with Gasteiger partial charge in [-0.1, -0.05) is 13.0 Å². The predicted molar refractivity (Wildman–Crippen MR) is 68.9 cm³/mol. The van der Waals surface area contributed by atoms with E-state index in [-0.39, 0.29) is 0 Å². The molecule has 1 saturated carbocycles. The van der Waals surface area contributed by atoms with Gasteiger partial charge in [-0.3, -0.25) is 0 Å². The van der Waals surface area contributed by atoms with Crippen LogP contribution in [0.25, 0.3) is 5.52 Å². The SMILES string of the molecule is CCC1(NCc2cnn3ccccc23)CCC1. The zero-order valence-corrected chi connectivity index (χ0v) is 10.3. The molecule has 0 saturated heterocycles. The van der Waals surface area contributed by atoms with Crippen LogP contribution in [0.5, 0.6) is 0 Å². The van der Waals surface area contributed by atoms with E-state index >= 15 is 0 Å². The molecule has 3 nitrogen and oxygen atoms in total. The third kappa shape index (κ3) is 1.84. The van der Waals surface area contributed by atoms with Crippen molar-refractivity contribution >= 4 is 5.52 Å². The van der Waals surface area contributed by atoms with Gasteiger partial charge in [-0.15, -0.1) is 0 Å².